The van der Waals surface area contributed by atoms with Gasteiger partial charge < -0.3 is 9.84 Å². The van der Waals surface area contributed by atoms with E-state index in [2.05, 4.69) is 10.2 Å². The molecule has 1 N–H and O–H groups in total. The summed E-state index contributed by atoms with van der Waals surface area (Å²) in [5, 5.41) is 18.0. The minimum absolute atomic E-state index is 0.0278. The highest BCUT2D eigenvalue weighted by Crippen LogP contribution is 2.44. The lowest BCUT2D eigenvalue weighted by molar-refractivity contribution is 0.415. The first kappa shape index (κ1) is 14.9. The topological polar surface area (TPSA) is 54.2 Å². The quantitative estimate of drug-likeness (QED) is 0.573. The zero-order chi connectivity index (χ0) is 14.7. The monoisotopic (exact) mass is 330 g/mol. The van der Waals surface area contributed by atoms with Crippen molar-refractivity contribution in [1.82, 2.24) is 0 Å². The first-order chi connectivity index (χ1) is 9.52. The average molecular weight is 332 g/mol. The van der Waals surface area contributed by atoms with Gasteiger partial charge in [-0.2, -0.15) is 5.11 Å². The van der Waals surface area contributed by atoms with Crippen LogP contribution in [-0.4, -0.2) is 12.2 Å². The molecule has 0 aliphatic carbocycles. The number of ether oxygens (including phenoxy) is 1. The summed E-state index contributed by atoms with van der Waals surface area (Å²) in [4.78, 5) is 0. The third-order valence-corrected chi connectivity index (χ3v) is 3.52. The molecular weight excluding hydrogens is 323 g/mol. The van der Waals surface area contributed by atoms with Crippen molar-refractivity contribution in [3.63, 3.8) is 0 Å². The summed E-state index contributed by atoms with van der Waals surface area (Å²) in [7, 11) is 1.57. The van der Waals surface area contributed by atoms with E-state index in [1.54, 1.807) is 31.4 Å². The number of azo groups is 1. The number of phenolic OH excluding ortho intramolecular Hbond substituents is 1. The standard InChI is InChI=1S/C13H9Cl3N2O2/c1-20-8-4-2-7(3-5-8)17-18-12-11(16)9(14)6-10(15)13(12)19/h2-6,19H,1H3. The molecule has 0 bridgehead atoms. The van der Waals surface area contributed by atoms with E-state index < -0.39 is 0 Å². The van der Waals surface area contributed by atoms with Crippen molar-refractivity contribution < 1.29 is 9.84 Å². The second-order valence-electron chi connectivity index (χ2n) is 3.75. The molecule has 2 aromatic rings. The van der Waals surface area contributed by atoms with Crippen LogP contribution in [0, 0.1) is 0 Å². The largest absolute Gasteiger partial charge is 0.504 e. The fourth-order valence-corrected chi connectivity index (χ4v) is 2.06. The number of phenols is 1. The predicted molar refractivity (Wildman–Crippen MR) is 80.3 cm³/mol. The summed E-state index contributed by atoms with van der Waals surface area (Å²) in [5.74, 6) is 0.439. The Balaban J connectivity index is 2.35. The molecular formula is C13H9Cl3N2O2. The number of halogens is 3. The fourth-order valence-electron chi connectivity index (χ4n) is 1.42. The van der Waals surface area contributed by atoms with Crippen molar-refractivity contribution in [2.45, 2.75) is 0 Å². The van der Waals surface area contributed by atoms with Gasteiger partial charge in [-0.15, -0.1) is 5.11 Å². The number of rotatable bonds is 3. The van der Waals surface area contributed by atoms with E-state index in [0.29, 0.717) is 11.4 Å². The van der Waals surface area contributed by atoms with Gasteiger partial charge in [0.15, 0.2) is 5.75 Å². The highest BCUT2D eigenvalue weighted by molar-refractivity contribution is 6.45. The summed E-state index contributed by atoms with van der Waals surface area (Å²) in [5.41, 5.74) is 0.595. The van der Waals surface area contributed by atoms with Crippen molar-refractivity contribution in [2.24, 2.45) is 10.2 Å². The van der Waals surface area contributed by atoms with Gasteiger partial charge in [-0.25, -0.2) is 0 Å². The molecule has 0 aliphatic heterocycles. The highest BCUT2D eigenvalue weighted by Gasteiger charge is 2.14. The Morgan fingerprint density at radius 3 is 2.25 bits per heavy atom. The van der Waals surface area contributed by atoms with Crippen LogP contribution < -0.4 is 4.74 Å². The molecule has 0 aliphatic rings. The van der Waals surface area contributed by atoms with Crippen LogP contribution in [0.1, 0.15) is 0 Å². The van der Waals surface area contributed by atoms with Crippen LogP contribution >= 0.6 is 34.8 Å². The molecule has 0 spiro atoms. The number of hydrogen-bond donors (Lipinski definition) is 1. The first-order valence-electron chi connectivity index (χ1n) is 5.45. The van der Waals surface area contributed by atoms with Crippen LogP contribution in [0.2, 0.25) is 15.1 Å². The van der Waals surface area contributed by atoms with Gasteiger partial charge >= 0.3 is 0 Å². The Hall–Kier alpha value is -1.49. The molecule has 104 valence electrons. The predicted octanol–water partition coefficient (Wildman–Crippen LogP) is 5.78. The molecule has 0 atom stereocenters. The number of hydrogen-bond acceptors (Lipinski definition) is 4. The van der Waals surface area contributed by atoms with E-state index in [-0.39, 0.29) is 26.5 Å². The third kappa shape index (κ3) is 3.15. The number of benzene rings is 2. The molecule has 20 heavy (non-hydrogen) atoms. The van der Waals surface area contributed by atoms with Crippen molar-refractivity contribution >= 4 is 46.2 Å². The maximum Gasteiger partial charge on any atom is 0.163 e. The van der Waals surface area contributed by atoms with Gasteiger partial charge in [0.25, 0.3) is 0 Å². The van der Waals surface area contributed by atoms with Gasteiger partial charge in [0.1, 0.15) is 11.4 Å². The van der Waals surface area contributed by atoms with Crippen LogP contribution in [0.5, 0.6) is 11.5 Å². The molecule has 2 aromatic carbocycles. The second-order valence-corrected chi connectivity index (χ2v) is 4.94. The van der Waals surface area contributed by atoms with Crippen LogP contribution in [0.4, 0.5) is 11.4 Å². The van der Waals surface area contributed by atoms with E-state index in [9.17, 15) is 5.11 Å². The van der Waals surface area contributed by atoms with E-state index in [4.69, 9.17) is 39.5 Å². The number of aromatic hydroxyl groups is 1. The lowest BCUT2D eigenvalue weighted by Crippen LogP contribution is -1.79. The average Bonchev–Trinajstić information content (AvgIpc) is 2.46. The second kappa shape index (κ2) is 6.31. The molecule has 4 nitrogen and oxygen atoms in total. The van der Waals surface area contributed by atoms with Crippen LogP contribution in [-0.2, 0) is 0 Å². The Morgan fingerprint density at radius 1 is 1.00 bits per heavy atom. The maximum atomic E-state index is 9.81. The summed E-state index contributed by atoms with van der Waals surface area (Å²) in [6, 6.07) is 8.23. The number of nitrogens with zero attached hydrogens (tertiary/aromatic N) is 2. The molecule has 0 unspecified atom stereocenters. The van der Waals surface area contributed by atoms with Gasteiger partial charge in [0, 0.05) is 0 Å². The Labute approximate surface area is 130 Å². The van der Waals surface area contributed by atoms with Crippen LogP contribution in [0.3, 0.4) is 0 Å². The molecule has 0 saturated carbocycles. The molecule has 0 aromatic heterocycles. The Kier molecular flexibility index (Phi) is 4.70. The highest BCUT2D eigenvalue weighted by atomic mass is 35.5. The first-order valence-corrected chi connectivity index (χ1v) is 6.58. The molecule has 2 rings (SSSR count). The van der Waals surface area contributed by atoms with Crippen molar-refractivity contribution in [3.05, 3.63) is 45.4 Å². The van der Waals surface area contributed by atoms with E-state index in [0.717, 1.165) is 0 Å². The molecule has 0 heterocycles. The minimum atomic E-state index is -0.265. The maximum absolute atomic E-state index is 9.81. The molecule has 7 heteroatoms. The van der Waals surface area contributed by atoms with Crippen molar-refractivity contribution in [3.8, 4) is 11.5 Å². The van der Waals surface area contributed by atoms with Gasteiger partial charge in [0.05, 0.1) is 27.9 Å². The van der Waals surface area contributed by atoms with E-state index >= 15 is 0 Å². The van der Waals surface area contributed by atoms with Gasteiger partial charge in [0.2, 0.25) is 0 Å². The summed E-state index contributed by atoms with van der Waals surface area (Å²) in [6.45, 7) is 0. The lowest BCUT2D eigenvalue weighted by Gasteiger charge is -2.05. The van der Waals surface area contributed by atoms with Crippen molar-refractivity contribution in [2.75, 3.05) is 7.11 Å². The van der Waals surface area contributed by atoms with E-state index in [1.165, 1.54) is 6.07 Å². The van der Waals surface area contributed by atoms with Crippen molar-refractivity contribution in [1.29, 1.82) is 0 Å². The number of methoxy groups -OCH3 is 1. The minimum Gasteiger partial charge on any atom is -0.504 e. The zero-order valence-corrected chi connectivity index (χ0v) is 12.5. The zero-order valence-electron chi connectivity index (χ0n) is 10.3. The summed E-state index contributed by atoms with van der Waals surface area (Å²) >= 11 is 17.6. The Morgan fingerprint density at radius 2 is 1.65 bits per heavy atom. The van der Waals surface area contributed by atoms with E-state index in [1.807, 2.05) is 0 Å². The molecule has 0 fully saturated rings. The smallest absolute Gasteiger partial charge is 0.163 e. The summed E-state index contributed by atoms with van der Waals surface area (Å²) < 4.78 is 5.03. The molecule has 0 amide bonds. The van der Waals surface area contributed by atoms with Crippen LogP contribution in [0.15, 0.2) is 40.6 Å². The van der Waals surface area contributed by atoms with Gasteiger partial charge in [-0.05, 0) is 30.3 Å². The Bertz CT molecular complexity index is 631. The van der Waals surface area contributed by atoms with Crippen LogP contribution in [0.25, 0.3) is 0 Å². The fraction of sp³-hybridized carbons (Fsp3) is 0.0769. The van der Waals surface area contributed by atoms with Gasteiger partial charge in [-0.3, -0.25) is 0 Å². The summed E-state index contributed by atoms with van der Waals surface area (Å²) in [6.07, 6.45) is 0. The third-order valence-electron chi connectivity index (χ3n) is 2.46. The normalized spacial score (nSPS) is 11.0. The lowest BCUT2D eigenvalue weighted by atomic mass is 10.3. The van der Waals surface area contributed by atoms with Gasteiger partial charge in [-0.1, -0.05) is 34.8 Å². The molecule has 0 saturated heterocycles. The SMILES string of the molecule is COc1ccc(N=Nc2c(O)c(Cl)cc(Cl)c2Cl)cc1. The molecule has 0 radical (unpaired) electrons.